The Morgan fingerprint density at radius 1 is 1.35 bits per heavy atom. The van der Waals surface area contributed by atoms with Crippen LogP contribution in [0, 0.1) is 6.92 Å². The lowest BCUT2D eigenvalue weighted by atomic mass is 10.1. The molecule has 0 aliphatic rings. The second-order valence-electron chi connectivity index (χ2n) is 5.74. The summed E-state index contributed by atoms with van der Waals surface area (Å²) in [5.74, 6) is -0.666. The molecule has 5 nitrogen and oxygen atoms in total. The highest BCUT2D eigenvalue weighted by Crippen LogP contribution is 2.15. The zero-order valence-electron chi connectivity index (χ0n) is 12.4. The number of halogens is 1. The quantitative estimate of drug-likeness (QED) is 0.897. The molecule has 0 radical (unpaired) electrons. The van der Waals surface area contributed by atoms with Crippen molar-refractivity contribution in [3.05, 3.63) is 28.5 Å². The number of hydrogen-bond donors (Lipinski definition) is 2. The Bertz CT molecular complexity index is 524. The molecule has 1 unspecified atom stereocenters. The van der Waals surface area contributed by atoms with Crippen molar-refractivity contribution in [2.24, 2.45) is 0 Å². The highest BCUT2D eigenvalue weighted by atomic mass is 35.5. The molecule has 1 heterocycles. The van der Waals surface area contributed by atoms with Gasteiger partial charge in [0.2, 0.25) is 5.91 Å². The predicted molar refractivity (Wildman–Crippen MR) is 78.8 cm³/mol. The first-order chi connectivity index (χ1) is 9.10. The molecule has 1 rings (SSSR count). The van der Waals surface area contributed by atoms with E-state index in [0.717, 1.165) is 5.69 Å². The number of aryl methyl sites for hydroxylation is 1. The summed E-state index contributed by atoms with van der Waals surface area (Å²) in [7, 11) is 0. The van der Waals surface area contributed by atoms with Crippen LogP contribution in [-0.2, 0) is 4.79 Å². The van der Waals surface area contributed by atoms with Crippen molar-refractivity contribution in [1.82, 2.24) is 15.6 Å². The molecule has 0 bridgehead atoms. The van der Waals surface area contributed by atoms with Crippen molar-refractivity contribution in [1.29, 1.82) is 0 Å². The van der Waals surface area contributed by atoms with Crippen LogP contribution in [0.2, 0.25) is 5.02 Å². The summed E-state index contributed by atoms with van der Waals surface area (Å²) in [5, 5.41) is 5.72. The molecule has 0 saturated heterocycles. The first kappa shape index (κ1) is 16.4. The second kappa shape index (κ2) is 6.22. The van der Waals surface area contributed by atoms with Gasteiger partial charge in [-0.05, 0) is 40.7 Å². The zero-order valence-corrected chi connectivity index (χ0v) is 13.1. The van der Waals surface area contributed by atoms with Crippen molar-refractivity contribution < 1.29 is 9.59 Å². The summed E-state index contributed by atoms with van der Waals surface area (Å²) in [6, 6.07) is 0.954. The molecule has 0 fully saturated rings. The van der Waals surface area contributed by atoms with Gasteiger partial charge in [-0.2, -0.15) is 0 Å². The van der Waals surface area contributed by atoms with Crippen LogP contribution in [0.4, 0.5) is 0 Å². The van der Waals surface area contributed by atoms with Gasteiger partial charge in [0.05, 0.1) is 10.6 Å². The molecule has 0 aliphatic carbocycles. The molecule has 1 aromatic rings. The van der Waals surface area contributed by atoms with E-state index in [9.17, 15) is 9.59 Å². The molecule has 6 heteroatoms. The standard InChI is InChI=1S/C14H20ClN3O2/c1-8-6-11(15)10(7-16-8)13(20)17-9(2)12(19)18-14(3,4)5/h6-7,9H,1-5H3,(H,17,20)(H,18,19). The van der Waals surface area contributed by atoms with Crippen LogP contribution in [0.15, 0.2) is 12.3 Å². The number of carbonyl (C=O) groups excluding carboxylic acids is 2. The van der Waals surface area contributed by atoms with E-state index in [-0.39, 0.29) is 17.0 Å². The minimum atomic E-state index is -0.654. The van der Waals surface area contributed by atoms with Crippen molar-refractivity contribution in [3.63, 3.8) is 0 Å². The molecular weight excluding hydrogens is 278 g/mol. The number of pyridine rings is 1. The molecule has 1 aromatic heterocycles. The number of amides is 2. The highest BCUT2D eigenvalue weighted by Gasteiger charge is 2.22. The zero-order chi connectivity index (χ0) is 15.5. The van der Waals surface area contributed by atoms with Gasteiger partial charge in [-0.1, -0.05) is 11.6 Å². The summed E-state index contributed by atoms with van der Waals surface area (Å²) in [5.41, 5.74) is 0.636. The lowest BCUT2D eigenvalue weighted by Crippen LogP contribution is -2.50. The SMILES string of the molecule is Cc1cc(Cl)c(C(=O)NC(C)C(=O)NC(C)(C)C)cn1. The van der Waals surface area contributed by atoms with E-state index in [1.54, 1.807) is 19.9 Å². The molecule has 0 spiro atoms. The Morgan fingerprint density at radius 2 is 1.95 bits per heavy atom. The fraction of sp³-hybridized carbons (Fsp3) is 0.500. The van der Waals surface area contributed by atoms with Gasteiger partial charge in [-0.25, -0.2) is 0 Å². The molecular formula is C14H20ClN3O2. The molecule has 1 atom stereocenters. The molecule has 110 valence electrons. The van der Waals surface area contributed by atoms with E-state index in [2.05, 4.69) is 15.6 Å². The van der Waals surface area contributed by atoms with Crippen molar-refractivity contribution in [2.45, 2.75) is 46.2 Å². The van der Waals surface area contributed by atoms with Crippen molar-refractivity contribution in [3.8, 4) is 0 Å². The van der Waals surface area contributed by atoms with Crippen LogP contribution in [0.25, 0.3) is 0 Å². The van der Waals surface area contributed by atoms with E-state index < -0.39 is 11.9 Å². The Morgan fingerprint density at radius 3 is 2.45 bits per heavy atom. The third-order valence-corrected chi connectivity index (χ3v) is 2.79. The molecule has 0 saturated carbocycles. The molecule has 20 heavy (non-hydrogen) atoms. The number of aromatic nitrogens is 1. The fourth-order valence-electron chi connectivity index (χ4n) is 1.51. The minimum Gasteiger partial charge on any atom is -0.350 e. The maximum atomic E-state index is 12.0. The smallest absolute Gasteiger partial charge is 0.255 e. The van der Waals surface area contributed by atoms with Gasteiger partial charge < -0.3 is 10.6 Å². The normalized spacial score (nSPS) is 12.7. The first-order valence-electron chi connectivity index (χ1n) is 6.35. The number of carbonyl (C=O) groups is 2. The van der Waals surface area contributed by atoms with E-state index in [0.29, 0.717) is 5.02 Å². The Balaban J connectivity index is 2.73. The van der Waals surface area contributed by atoms with Gasteiger partial charge >= 0.3 is 0 Å². The monoisotopic (exact) mass is 297 g/mol. The maximum absolute atomic E-state index is 12.0. The number of rotatable bonds is 3. The van der Waals surface area contributed by atoms with E-state index in [1.165, 1.54) is 6.20 Å². The van der Waals surface area contributed by atoms with Crippen LogP contribution in [0.1, 0.15) is 43.7 Å². The number of nitrogens with zero attached hydrogens (tertiary/aromatic N) is 1. The van der Waals surface area contributed by atoms with Gasteiger partial charge in [0.15, 0.2) is 0 Å². The second-order valence-corrected chi connectivity index (χ2v) is 6.15. The van der Waals surface area contributed by atoms with E-state index in [4.69, 9.17) is 11.6 Å². The summed E-state index contributed by atoms with van der Waals surface area (Å²) < 4.78 is 0. The Kier molecular flexibility index (Phi) is 5.11. The van der Waals surface area contributed by atoms with Crippen LogP contribution in [0.5, 0.6) is 0 Å². The average Bonchev–Trinajstić information content (AvgIpc) is 2.26. The molecule has 2 amide bonds. The van der Waals surface area contributed by atoms with E-state index in [1.807, 2.05) is 20.8 Å². The third-order valence-electron chi connectivity index (χ3n) is 2.47. The lowest BCUT2D eigenvalue weighted by Gasteiger charge is -2.23. The number of nitrogens with one attached hydrogen (secondary N) is 2. The van der Waals surface area contributed by atoms with Gasteiger partial charge in [0, 0.05) is 17.4 Å². The number of hydrogen-bond acceptors (Lipinski definition) is 3. The predicted octanol–water partition coefficient (Wildman–Crippen LogP) is 2.08. The first-order valence-corrected chi connectivity index (χ1v) is 6.73. The third kappa shape index (κ3) is 4.81. The van der Waals surface area contributed by atoms with Gasteiger partial charge in [0.25, 0.3) is 5.91 Å². The lowest BCUT2D eigenvalue weighted by molar-refractivity contribution is -0.124. The minimum absolute atomic E-state index is 0.248. The Hall–Kier alpha value is -1.62. The average molecular weight is 298 g/mol. The fourth-order valence-corrected chi connectivity index (χ4v) is 1.80. The van der Waals surface area contributed by atoms with E-state index >= 15 is 0 Å². The molecule has 0 aromatic carbocycles. The van der Waals surface area contributed by atoms with Crippen molar-refractivity contribution >= 4 is 23.4 Å². The summed E-state index contributed by atoms with van der Waals surface area (Å²) >= 11 is 5.99. The van der Waals surface area contributed by atoms with Crippen LogP contribution >= 0.6 is 11.6 Å². The summed E-state index contributed by atoms with van der Waals surface area (Å²) in [6.45, 7) is 9.03. The van der Waals surface area contributed by atoms with Crippen LogP contribution in [-0.4, -0.2) is 28.4 Å². The maximum Gasteiger partial charge on any atom is 0.255 e. The summed E-state index contributed by atoms with van der Waals surface area (Å²) in [6.07, 6.45) is 1.40. The van der Waals surface area contributed by atoms with Crippen molar-refractivity contribution in [2.75, 3.05) is 0 Å². The highest BCUT2D eigenvalue weighted by molar-refractivity contribution is 6.33. The largest absolute Gasteiger partial charge is 0.350 e. The van der Waals surface area contributed by atoms with Gasteiger partial charge in [0.1, 0.15) is 6.04 Å². The van der Waals surface area contributed by atoms with Crippen LogP contribution < -0.4 is 10.6 Å². The summed E-state index contributed by atoms with van der Waals surface area (Å²) in [4.78, 5) is 28.0. The Labute approximate surface area is 124 Å². The van der Waals surface area contributed by atoms with Crippen LogP contribution in [0.3, 0.4) is 0 Å². The van der Waals surface area contributed by atoms with Gasteiger partial charge in [-0.15, -0.1) is 0 Å². The topological polar surface area (TPSA) is 71.1 Å². The molecule has 2 N–H and O–H groups in total. The molecule has 0 aliphatic heterocycles. The van der Waals surface area contributed by atoms with Gasteiger partial charge in [-0.3, -0.25) is 14.6 Å².